The molecule has 0 aliphatic carbocycles. The second-order valence-corrected chi connectivity index (χ2v) is 7.93. The SMILES string of the molecule is CN1CCC(C(=O)N[C@@H](Cc2c[nH]c3ccccc23)C(=O)Nc2ccncc2)CC1. The molecule has 1 atom stereocenters. The minimum atomic E-state index is -0.662. The predicted molar refractivity (Wildman–Crippen MR) is 117 cm³/mol. The third kappa shape index (κ3) is 4.68. The van der Waals surface area contributed by atoms with Crippen molar-refractivity contribution in [3.8, 4) is 0 Å². The second-order valence-electron chi connectivity index (χ2n) is 7.93. The first-order chi connectivity index (χ1) is 14.6. The minimum Gasteiger partial charge on any atom is -0.361 e. The first kappa shape index (κ1) is 20.1. The molecule has 1 aromatic carbocycles. The van der Waals surface area contributed by atoms with Gasteiger partial charge in [0.2, 0.25) is 11.8 Å². The smallest absolute Gasteiger partial charge is 0.247 e. The maximum Gasteiger partial charge on any atom is 0.247 e. The summed E-state index contributed by atoms with van der Waals surface area (Å²) in [4.78, 5) is 35.5. The molecule has 1 fully saturated rings. The number of pyridine rings is 1. The van der Waals surface area contributed by atoms with Crippen LogP contribution in [0.4, 0.5) is 5.69 Å². The number of para-hydroxylation sites is 1. The van der Waals surface area contributed by atoms with Crippen LogP contribution >= 0.6 is 0 Å². The van der Waals surface area contributed by atoms with Crippen LogP contribution in [0.1, 0.15) is 18.4 Å². The van der Waals surface area contributed by atoms with E-state index in [0.717, 1.165) is 42.4 Å². The molecule has 0 saturated carbocycles. The number of hydrogen-bond acceptors (Lipinski definition) is 4. The number of nitrogens with one attached hydrogen (secondary N) is 3. The molecule has 1 saturated heterocycles. The third-order valence-corrected chi connectivity index (χ3v) is 5.77. The van der Waals surface area contributed by atoms with Crippen LogP contribution in [0.2, 0.25) is 0 Å². The van der Waals surface area contributed by atoms with Crippen molar-refractivity contribution in [2.75, 3.05) is 25.5 Å². The van der Waals surface area contributed by atoms with Gasteiger partial charge in [0.1, 0.15) is 6.04 Å². The summed E-state index contributed by atoms with van der Waals surface area (Å²) in [6.07, 6.45) is 7.21. The van der Waals surface area contributed by atoms with Gasteiger partial charge in [-0.15, -0.1) is 0 Å². The summed E-state index contributed by atoms with van der Waals surface area (Å²) in [5, 5.41) is 6.99. The summed E-state index contributed by atoms with van der Waals surface area (Å²) in [6, 6.07) is 10.8. The summed E-state index contributed by atoms with van der Waals surface area (Å²) in [7, 11) is 2.07. The molecule has 0 bridgehead atoms. The number of fused-ring (bicyclic) bond motifs is 1. The molecule has 3 aromatic rings. The highest BCUT2D eigenvalue weighted by Gasteiger charge is 2.28. The number of nitrogens with zero attached hydrogens (tertiary/aromatic N) is 2. The van der Waals surface area contributed by atoms with Crippen LogP contribution in [0.15, 0.2) is 55.0 Å². The molecule has 1 aliphatic heterocycles. The molecule has 7 nitrogen and oxygen atoms in total. The first-order valence-corrected chi connectivity index (χ1v) is 10.3. The Morgan fingerprint density at radius 3 is 2.67 bits per heavy atom. The average Bonchev–Trinajstić information content (AvgIpc) is 3.17. The lowest BCUT2D eigenvalue weighted by Crippen LogP contribution is -2.49. The van der Waals surface area contributed by atoms with Gasteiger partial charge >= 0.3 is 0 Å². The molecule has 7 heteroatoms. The molecular weight excluding hydrogens is 378 g/mol. The number of hydrogen-bond donors (Lipinski definition) is 3. The fourth-order valence-corrected chi connectivity index (χ4v) is 3.95. The lowest BCUT2D eigenvalue weighted by Gasteiger charge is -2.29. The third-order valence-electron chi connectivity index (χ3n) is 5.77. The largest absolute Gasteiger partial charge is 0.361 e. The van der Waals surface area contributed by atoms with Crippen LogP contribution in [0.25, 0.3) is 10.9 Å². The molecule has 2 amide bonds. The molecule has 30 heavy (non-hydrogen) atoms. The molecular formula is C23H27N5O2. The number of aromatic nitrogens is 2. The van der Waals surface area contributed by atoms with Crippen molar-refractivity contribution in [2.45, 2.75) is 25.3 Å². The van der Waals surface area contributed by atoms with E-state index < -0.39 is 6.04 Å². The zero-order chi connectivity index (χ0) is 20.9. The Kier molecular flexibility index (Phi) is 6.09. The van der Waals surface area contributed by atoms with Crippen LogP contribution < -0.4 is 10.6 Å². The van der Waals surface area contributed by atoms with E-state index in [0.29, 0.717) is 12.1 Å². The van der Waals surface area contributed by atoms with Crippen LogP contribution in [0.5, 0.6) is 0 Å². The Morgan fingerprint density at radius 2 is 1.90 bits per heavy atom. The number of carbonyl (C=O) groups is 2. The Hall–Kier alpha value is -3.19. The standard InChI is InChI=1S/C23H27N5O2/c1-28-12-8-16(9-13-28)22(29)27-21(23(30)26-18-6-10-24-11-7-18)14-17-15-25-20-5-3-2-4-19(17)20/h2-7,10-11,15-16,21,25H,8-9,12-14H2,1H3,(H,27,29)(H,24,26,30)/t21-/m0/s1. The van der Waals surface area contributed by atoms with Gasteiger partial charge in [-0.2, -0.15) is 0 Å². The number of carbonyl (C=O) groups excluding carboxylic acids is 2. The summed E-state index contributed by atoms with van der Waals surface area (Å²) in [5.74, 6) is -0.328. The van der Waals surface area contributed by atoms with Crippen LogP contribution in [-0.4, -0.2) is 52.9 Å². The van der Waals surface area contributed by atoms with Gasteiger partial charge in [0.25, 0.3) is 0 Å². The predicted octanol–water partition coefficient (Wildman–Crippen LogP) is 2.57. The lowest BCUT2D eigenvalue weighted by molar-refractivity contribution is -0.130. The van der Waals surface area contributed by atoms with Crippen LogP contribution in [0, 0.1) is 5.92 Å². The number of rotatable bonds is 6. The van der Waals surface area contributed by atoms with E-state index in [1.807, 2.05) is 30.5 Å². The fraction of sp³-hybridized carbons (Fsp3) is 0.348. The molecule has 3 heterocycles. The van der Waals surface area contributed by atoms with Gasteiger partial charge in [-0.1, -0.05) is 18.2 Å². The van der Waals surface area contributed by atoms with Gasteiger partial charge < -0.3 is 20.5 Å². The number of anilines is 1. The van der Waals surface area contributed by atoms with E-state index in [-0.39, 0.29) is 17.7 Å². The van der Waals surface area contributed by atoms with Crippen molar-refractivity contribution in [3.05, 3.63) is 60.6 Å². The van der Waals surface area contributed by atoms with Gasteiger partial charge in [0, 0.05) is 47.5 Å². The zero-order valence-electron chi connectivity index (χ0n) is 17.1. The maximum atomic E-state index is 13.1. The summed E-state index contributed by atoms with van der Waals surface area (Å²) in [5.41, 5.74) is 2.68. The van der Waals surface area contributed by atoms with Crippen LogP contribution in [-0.2, 0) is 16.0 Å². The Labute approximate surface area is 175 Å². The Morgan fingerprint density at radius 1 is 1.17 bits per heavy atom. The quantitative estimate of drug-likeness (QED) is 0.588. The number of piperidine rings is 1. The van der Waals surface area contributed by atoms with E-state index in [1.54, 1.807) is 24.5 Å². The average molecular weight is 406 g/mol. The number of benzene rings is 1. The number of amides is 2. The van der Waals surface area contributed by atoms with E-state index in [4.69, 9.17) is 0 Å². The highest BCUT2D eigenvalue weighted by Crippen LogP contribution is 2.21. The fourth-order valence-electron chi connectivity index (χ4n) is 3.95. The maximum absolute atomic E-state index is 13.1. The molecule has 1 aliphatic rings. The molecule has 4 rings (SSSR count). The molecule has 3 N–H and O–H groups in total. The number of likely N-dealkylation sites (tertiary alicyclic amines) is 1. The van der Waals surface area contributed by atoms with Crippen molar-refractivity contribution < 1.29 is 9.59 Å². The highest BCUT2D eigenvalue weighted by atomic mass is 16.2. The van der Waals surface area contributed by atoms with E-state index in [1.165, 1.54) is 0 Å². The van der Waals surface area contributed by atoms with Gasteiger partial charge in [-0.05, 0) is 56.7 Å². The monoisotopic (exact) mass is 405 g/mol. The molecule has 0 radical (unpaired) electrons. The van der Waals surface area contributed by atoms with Crippen molar-refractivity contribution in [2.24, 2.45) is 5.92 Å². The van der Waals surface area contributed by atoms with Gasteiger partial charge in [0.15, 0.2) is 0 Å². The normalized spacial score (nSPS) is 16.3. The van der Waals surface area contributed by atoms with Gasteiger partial charge in [0.05, 0.1) is 0 Å². The van der Waals surface area contributed by atoms with Crippen molar-refractivity contribution in [1.82, 2.24) is 20.2 Å². The Bertz CT molecular complexity index is 1010. The summed E-state index contributed by atoms with van der Waals surface area (Å²) >= 11 is 0. The topological polar surface area (TPSA) is 90.1 Å². The van der Waals surface area contributed by atoms with E-state index >= 15 is 0 Å². The molecule has 2 aromatic heterocycles. The minimum absolute atomic E-state index is 0.0437. The number of aromatic amines is 1. The zero-order valence-corrected chi connectivity index (χ0v) is 17.1. The summed E-state index contributed by atoms with van der Waals surface area (Å²) < 4.78 is 0. The van der Waals surface area contributed by atoms with Crippen molar-refractivity contribution >= 4 is 28.4 Å². The van der Waals surface area contributed by atoms with Gasteiger partial charge in [-0.3, -0.25) is 14.6 Å². The Balaban J connectivity index is 1.52. The van der Waals surface area contributed by atoms with Crippen molar-refractivity contribution in [3.63, 3.8) is 0 Å². The molecule has 0 unspecified atom stereocenters. The van der Waals surface area contributed by atoms with E-state index in [9.17, 15) is 9.59 Å². The number of H-pyrrole nitrogens is 1. The van der Waals surface area contributed by atoms with E-state index in [2.05, 4.69) is 32.5 Å². The first-order valence-electron chi connectivity index (χ1n) is 10.3. The van der Waals surface area contributed by atoms with Crippen molar-refractivity contribution in [1.29, 1.82) is 0 Å². The van der Waals surface area contributed by atoms with Crippen LogP contribution in [0.3, 0.4) is 0 Å². The lowest BCUT2D eigenvalue weighted by atomic mass is 9.95. The second kappa shape index (κ2) is 9.09. The molecule has 0 spiro atoms. The summed E-state index contributed by atoms with van der Waals surface area (Å²) in [6.45, 7) is 1.79. The highest BCUT2D eigenvalue weighted by molar-refractivity contribution is 5.98. The van der Waals surface area contributed by atoms with Gasteiger partial charge in [-0.25, -0.2) is 0 Å². The molecule has 156 valence electrons.